The van der Waals surface area contributed by atoms with E-state index in [1.807, 2.05) is 13.8 Å². The van der Waals surface area contributed by atoms with Crippen LogP contribution < -0.4 is 5.56 Å². The Hall–Kier alpha value is -3.07. The minimum atomic E-state index is -0.496. The number of esters is 1. The third-order valence-corrected chi connectivity index (χ3v) is 4.78. The number of rotatable bonds is 3. The molecule has 26 heavy (non-hydrogen) atoms. The summed E-state index contributed by atoms with van der Waals surface area (Å²) >= 11 is 1.35. The maximum Gasteiger partial charge on any atom is 0.339 e. The molecule has 0 aliphatic rings. The lowest BCUT2D eigenvalue weighted by Gasteiger charge is -2.07. The topological polar surface area (TPSA) is 91.4 Å². The zero-order valence-electron chi connectivity index (χ0n) is 14.4. The fourth-order valence-corrected chi connectivity index (χ4v) is 3.65. The second-order valence-electron chi connectivity index (χ2n) is 5.94. The molecule has 4 aromatic rings. The van der Waals surface area contributed by atoms with Gasteiger partial charge in [-0.25, -0.2) is 14.8 Å². The molecule has 0 bridgehead atoms. The van der Waals surface area contributed by atoms with Crippen LogP contribution in [0.3, 0.4) is 0 Å². The van der Waals surface area contributed by atoms with Crippen LogP contribution in [0.15, 0.2) is 28.5 Å². The van der Waals surface area contributed by atoms with Crippen molar-refractivity contribution < 1.29 is 9.53 Å². The largest absolute Gasteiger partial charge is 0.456 e. The van der Waals surface area contributed by atoms with Crippen LogP contribution in [-0.4, -0.2) is 30.1 Å². The van der Waals surface area contributed by atoms with Gasteiger partial charge in [0.1, 0.15) is 6.61 Å². The molecule has 0 N–H and O–H groups in total. The number of hydrogen-bond donors (Lipinski definition) is 0. The number of hydrogen-bond acceptors (Lipinski definition) is 7. The summed E-state index contributed by atoms with van der Waals surface area (Å²) in [4.78, 5) is 34.0. The Morgan fingerprint density at radius 1 is 1.27 bits per heavy atom. The van der Waals surface area contributed by atoms with Gasteiger partial charge in [-0.3, -0.25) is 13.9 Å². The minimum absolute atomic E-state index is 0.0787. The normalized spacial score (nSPS) is 11.3. The van der Waals surface area contributed by atoms with E-state index in [1.165, 1.54) is 21.8 Å². The lowest BCUT2D eigenvalue weighted by atomic mass is 10.1. The molecule has 0 aromatic carbocycles. The number of thiazole rings is 1. The molecule has 0 amide bonds. The van der Waals surface area contributed by atoms with Gasteiger partial charge in [-0.05, 0) is 19.9 Å². The van der Waals surface area contributed by atoms with Crippen molar-refractivity contribution in [3.63, 3.8) is 0 Å². The highest BCUT2D eigenvalue weighted by Gasteiger charge is 2.19. The van der Waals surface area contributed by atoms with Crippen LogP contribution >= 0.6 is 11.3 Å². The van der Waals surface area contributed by atoms with Crippen molar-refractivity contribution in [3.8, 4) is 0 Å². The summed E-state index contributed by atoms with van der Waals surface area (Å²) in [7, 11) is 1.78. The molecule has 0 unspecified atom stereocenters. The van der Waals surface area contributed by atoms with Crippen LogP contribution in [0.5, 0.6) is 0 Å². The van der Waals surface area contributed by atoms with Crippen LogP contribution in [0.1, 0.15) is 27.4 Å². The van der Waals surface area contributed by atoms with E-state index in [4.69, 9.17) is 4.74 Å². The molecule has 0 aliphatic heterocycles. The lowest BCUT2D eigenvalue weighted by Crippen LogP contribution is -2.15. The van der Waals surface area contributed by atoms with E-state index >= 15 is 0 Å². The predicted molar refractivity (Wildman–Crippen MR) is 96.4 cm³/mol. The Labute approximate surface area is 151 Å². The van der Waals surface area contributed by atoms with Crippen molar-refractivity contribution in [1.82, 2.24) is 24.1 Å². The Morgan fingerprint density at radius 2 is 2.08 bits per heavy atom. The highest BCUT2D eigenvalue weighted by molar-refractivity contribution is 7.15. The van der Waals surface area contributed by atoms with Crippen molar-refractivity contribution in [3.05, 3.63) is 56.7 Å². The molecule has 4 heterocycles. The monoisotopic (exact) mass is 369 g/mol. The van der Waals surface area contributed by atoms with E-state index in [0.717, 1.165) is 0 Å². The average Bonchev–Trinajstić information content (AvgIpc) is 3.17. The second kappa shape index (κ2) is 6.03. The van der Waals surface area contributed by atoms with Gasteiger partial charge in [-0.2, -0.15) is 5.10 Å². The molecule has 0 aliphatic carbocycles. The first-order chi connectivity index (χ1) is 12.4. The highest BCUT2D eigenvalue weighted by Crippen LogP contribution is 2.22. The van der Waals surface area contributed by atoms with E-state index in [-0.39, 0.29) is 12.2 Å². The Kier molecular flexibility index (Phi) is 3.80. The van der Waals surface area contributed by atoms with Gasteiger partial charge >= 0.3 is 5.97 Å². The summed E-state index contributed by atoms with van der Waals surface area (Å²) in [5.74, 6) is -0.496. The quantitative estimate of drug-likeness (QED) is 0.513. The summed E-state index contributed by atoms with van der Waals surface area (Å²) in [6, 6.07) is 3.06. The van der Waals surface area contributed by atoms with Gasteiger partial charge in [0.15, 0.2) is 10.6 Å². The van der Waals surface area contributed by atoms with Crippen molar-refractivity contribution >= 4 is 33.3 Å². The molecule has 0 radical (unpaired) electrons. The number of aromatic nitrogens is 5. The number of carbonyl (C=O) groups is 1. The van der Waals surface area contributed by atoms with Crippen LogP contribution in [0.4, 0.5) is 0 Å². The highest BCUT2D eigenvalue weighted by atomic mass is 32.1. The van der Waals surface area contributed by atoms with Crippen LogP contribution in [0.25, 0.3) is 16.0 Å². The first-order valence-electron chi connectivity index (χ1n) is 7.88. The molecule has 0 saturated carbocycles. The zero-order chi connectivity index (χ0) is 18.4. The SMILES string of the molecule is Cc1cc(C(=O)OCc2cc(=O)n3ccsc3n2)c2c(C)nn(C)c2n1. The van der Waals surface area contributed by atoms with Crippen molar-refractivity contribution in [2.75, 3.05) is 0 Å². The van der Waals surface area contributed by atoms with Crippen LogP contribution in [0.2, 0.25) is 0 Å². The second-order valence-corrected chi connectivity index (χ2v) is 6.81. The van der Waals surface area contributed by atoms with Gasteiger partial charge in [0.25, 0.3) is 5.56 Å². The van der Waals surface area contributed by atoms with E-state index in [9.17, 15) is 9.59 Å². The summed E-state index contributed by atoms with van der Waals surface area (Å²) in [5, 5.41) is 6.77. The first kappa shape index (κ1) is 16.4. The molecule has 0 spiro atoms. The number of fused-ring (bicyclic) bond motifs is 2. The van der Waals surface area contributed by atoms with E-state index in [2.05, 4.69) is 15.1 Å². The molecule has 9 heteroatoms. The van der Waals surface area contributed by atoms with Crippen molar-refractivity contribution in [1.29, 1.82) is 0 Å². The molecule has 8 nitrogen and oxygen atoms in total. The van der Waals surface area contributed by atoms with Gasteiger partial charge in [-0.15, -0.1) is 11.3 Å². The van der Waals surface area contributed by atoms with E-state index in [0.29, 0.717) is 38.6 Å². The third kappa shape index (κ3) is 2.66. The van der Waals surface area contributed by atoms with Gasteiger partial charge in [0, 0.05) is 30.4 Å². The van der Waals surface area contributed by atoms with Crippen molar-refractivity contribution in [2.24, 2.45) is 7.05 Å². The Balaban J connectivity index is 1.66. The smallest absolute Gasteiger partial charge is 0.339 e. The average molecular weight is 369 g/mol. The summed E-state index contributed by atoms with van der Waals surface area (Å²) < 4.78 is 8.50. The third-order valence-electron chi connectivity index (χ3n) is 4.02. The molecule has 4 aromatic heterocycles. The van der Waals surface area contributed by atoms with Gasteiger partial charge in [-0.1, -0.05) is 0 Å². The molecule has 0 fully saturated rings. The molecule has 132 valence electrons. The van der Waals surface area contributed by atoms with E-state index in [1.54, 1.807) is 29.4 Å². The number of carbonyl (C=O) groups excluding carboxylic acids is 1. The fraction of sp³-hybridized carbons (Fsp3) is 0.235. The first-order valence-corrected chi connectivity index (χ1v) is 8.76. The van der Waals surface area contributed by atoms with Gasteiger partial charge < -0.3 is 4.74 Å². The summed E-state index contributed by atoms with van der Waals surface area (Å²) in [5.41, 5.74) is 2.66. The molecule has 4 rings (SSSR count). The maximum absolute atomic E-state index is 12.6. The fourth-order valence-electron chi connectivity index (χ4n) is 2.91. The minimum Gasteiger partial charge on any atom is -0.456 e. The lowest BCUT2D eigenvalue weighted by molar-refractivity contribution is 0.0470. The van der Waals surface area contributed by atoms with Gasteiger partial charge in [0.05, 0.1) is 22.3 Å². The zero-order valence-corrected chi connectivity index (χ0v) is 15.2. The number of pyridine rings is 1. The van der Waals surface area contributed by atoms with Crippen LogP contribution in [-0.2, 0) is 18.4 Å². The summed E-state index contributed by atoms with van der Waals surface area (Å²) in [6.45, 7) is 3.56. The predicted octanol–water partition coefficient (Wildman–Crippen LogP) is 2.01. The molecular weight excluding hydrogens is 354 g/mol. The summed E-state index contributed by atoms with van der Waals surface area (Å²) in [6.07, 6.45) is 1.66. The standard InChI is InChI=1S/C17H15N5O3S/c1-9-6-12(14-10(2)20-21(3)15(14)18-9)16(24)25-8-11-7-13(23)22-4-5-26-17(22)19-11/h4-7H,8H2,1-3H3. The van der Waals surface area contributed by atoms with Gasteiger partial charge in [0.2, 0.25) is 0 Å². The number of ether oxygens (including phenoxy) is 1. The molecule has 0 saturated heterocycles. The van der Waals surface area contributed by atoms with Crippen molar-refractivity contribution in [2.45, 2.75) is 20.5 Å². The number of aryl methyl sites for hydroxylation is 3. The number of nitrogens with zero attached hydrogens (tertiary/aromatic N) is 5. The Morgan fingerprint density at radius 3 is 2.88 bits per heavy atom. The Bertz CT molecular complexity index is 1220. The molecular formula is C17H15N5O3S. The maximum atomic E-state index is 12.6. The van der Waals surface area contributed by atoms with E-state index < -0.39 is 5.97 Å². The molecule has 0 atom stereocenters. The van der Waals surface area contributed by atoms with Crippen LogP contribution in [0, 0.1) is 13.8 Å².